The van der Waals surface area contributed by atoms with E-state index in [4.69, 9.17) is 23.7 Å². The third-order valence-electron chi connectivity index (χ3n) is 5.57. The highest BCUT2D eigenvalue weighted by atomic mass is 16.5. The largest absolute Gasteiger partial charge is 0.507 e. The summed E-state index contributed by atoms with van der Waals surface area (Å²) >= 11 is 0. The Morgan fingerprint density at radius 3 is 2.17 bits per heavy atom. The average Bonchev–Trinajstić information content (AvgIpc) is 3.14. The van der Waals surface area contributed by atoms with Crippen LogP contribution in [0.4, 0.5) is 0 Å². The van der Waals surface area contributed by atoms with Gasteiger partial charge in [-0.1, -0.05) is 12.7 Å². The lowest BCUT2D eigenvalue weighted by atomic mass is 9.94. The summed E-state index contributed by atoms with van der Waals surface area (Å²) in [5, 5.41) is 11.2. The second kappa shape index (κ2) is 11.4. The summed E-state index contributed by atoms with van der Waals surface area (Å²) < 4.78 is 26.9. The molecule has 1 aliphatic heterocycles. The summed E-state index contributed by atoms with van der Waals surface area (Å²) in [5.74, 6) is -0.216. The van der Waals surface area contributed by atoms with E-state index in [1.165, 1.54) is 33.3 Å². The number of aliphatic hydroxyl groups is 1. The molecule has 1 atom stereocenters. The van der Waals surface area contributed by atoms with E-state index in [0.29, 0.717) is 40.7 Å². The van der Waals surface area contributed by atoms with Crippen LogP contribution < -0.4 is 18.9 Å². The van der Waals surface area contributed by atoms with Gasteiger partial charge in [-0.2, -0.15) is 0 Å². The Morgan fingerprint density at radius 2 is 1.66 bits per heavy atom. The van der Waals surface area contributed by atoms with Crippen LogP contribution in [-0.2, 0) is 14.3 Å². The van der Waals surface area contributed by atoms with Crippen molar-refractivity contribution in [3.05, 3.63) is 65.8 Å². The molecule has 0 aromatic heterocycles. The maximum absolute atomic E-state index is 13.1. The van der Waals surface area contributed by atoms with E-state index in [1.54, 1.807) is 42.5 Å². The molecule has 3 rings (SSSR count). The normalized spacial score (nSPS) is 16.8. The molecule has 35 heavy (non-hydrogen) atoms. The van der Waals surface area contributed by atoms with Crippen molar-refractivity contribution < 1.29 is 38.4 Å². The van der Waals surface area contributed by atoms with Crippen molar-refractivity contribution in [1.82, 2.24) is 4.90 Å². The minimum Gasteiger partial charge on any atom is -0.507 e. The first-order valence-electron chi connectivity index (χ1n) is 10.8. The lowest BCUT2D eigenvalue weighted by molar-refractivity contribution is -0.140. The molecule has 0 saturated carbocycles. The summed E-state index contributed by atoms with van der Waals surface area (Å²) in [6.45, 7) is 4.27. The summed E-state index contributed by atoms with van der Waals surface area (Å²) in [6, 6.07) is 8.94. The van der Waals surface area contributed by atoms with Gasteiger partial charge >= 0.3 is 0 Å². The number of carbonyl (C=O) groups excluding carboxylic acids is 2. The summed E-state index contributed by atoms with van der Waals surface area (Å²) in [4.78, 5) is 27.5. The van der Waals surface area contributed by atoms with Gasteiger partial charge in [0, 0.05) is 19.2 Å². The number of hydrogen-bond acceptors (Lipinski definition) is 8. The molecular formula is C26H29NO8. The highest BCUT2D eigenvalue weighted by Crippen LogP contribution is 2.45. The second-order valence-electron chi connectivity index (χ2n) is 7.57. The molecule has 0 bridgehead atoms. The maximum atomic E-state index is 13.1. The smallest absolute Gasteiger partial charge is 0.295 e. The Bertz CT molecular complexity index is 1100. The van der Waals surface area contributed by atoms with Crippen molar-refractivity contribution in [2.45, 2.75) is 6.04 Å². The third kappa shape index (κ3) is 5.09. The van der Waals surface area contributed by atoms with Gasteiger partial charge in [-0.05, 0) is 42.0 Å². The minimum atomic E-state index is -0.907. The van der Waals surface area contributed by atoms with Gasteiger partial charge < -0.3 is 33.7 Å². The van der Waals surface area contributed by atoms with Crippen LogP contribution in [0.1, 0.15) is 17.2 Å². The number of amides is 1. The van der Waals surface area contributed by atoms with E-state index in [0.717, 1.165) is 0 Å². The molecular weight excluding hydrogens is 454 g/mol. The Kier molecular flexibility index (Phi) is 8.38. The Balaban J connectivity index is 2.18. The van der Waals surface area contributed by atoms with Crippen molar-refractivity contribution in [2.75, 3.05) is 48.2 Å². The fourth-order valence-electron chi connectivity index (χ4n) is 3.93. The molecule has 2 aromatic rings. The van der Waals surface area contributed by atoms with Crippen LogP contribution >= 0.6 is 0 Å². The predicted octanol–water partition coefficient (Wildman–Crippen LogP) is 3.35. The number of likely N-dealkylation sites (tertiary alicyclic amines) is 1. The maximum Gasteiger partial charge on any atom is 0.295 e. The van der Waals surface area contributed by atoms with Gasteiger partial charge in [0.25, 0.3) is 11.7 Å². The van der Waals surface area contributed by atoms with Crippen LogP contribution in [0, 0.1) is 0 Å². The van der Waals surface area contributed by atoms with Crippen molar-refractivity contribution in [3.63, 3.8) is 0 Å². The molecule has 2 aromatic carbocycles. The summed E-state index contributed by atoms with van der Waals surface area (Å²) in [5.41, 5.74) is 0.806. The van der Waals surface area contributed by atoms with Crippen LogP contribution in [0.25, 0.3) is 5.76 Å². The van der Waals surface area contributed by atoms with Crippen molar-refractivity contribution in [3.8, 4) is 23.0 Å². The lowest BCUT2D eigenvalue weighted by Crippen LogP contribution is -2.32. The van der Waals surface area contributed by atoms with Crippen molar-refractivity contribution >= 4 is 17.4 Å². The summed E-state index contributed by atoms with van der Waals surface area (Å²) in [7, 11) is 5.92. The molecule has 0 aliphatic carbocycles. The van der Waals surface area contributed by atoms with Crippen LogP contribution in [0.2, 0.25) is 0 Å². The fourth-order valence-corrected chi connectivity index (χ4v) is 3.93. The van der Waals surface area contributed by atoms with Crippen LogP contribution in [0.5, 0.6) is 23.0 Å². The molecule has 0 radical (unpaired) electrons. The Morgan fingerprint density at radius 1 is 1.03 bits per heavy atom. The van der Waals surface area contributed by atoms with Gasteiger partial charge in [0.15, 0.2) is 11.5 Å². The average molecular weight is 484 g/mol. The SMILES string of the molecule is C=CCOc1ccc(/C(O)=C2\C(=O)C(=O)N(CCOC)C2c2cc(OC)c(OC)c(OC)c2)cc1. The minimum absolute atomic E-state index is 0.0554. The molecule has 9 nitrogen and oxygen atoms in total. The topological polar surface area (TPSA) is 104 Å². The number of carbonyl (C=O) groups is 2. The van der Waals surface area contributed by atoms with Gasteiger partial charge in [0.1, 0.15) is 18.1 Å². The van der Waals surface area contributed by atoms with E-state index < -0.39 is 17.7 Å². The highest BCUT2D eigenvalue weighted by molar-refractivity contribution is 6.46. The number of ether oxygens (including phenoxy) is 5. The van der Waals surface area contributed by atoms with Gasteiger partial charge in [0.2, 0.25) is 5.75 Å². The zero-order valence-electron chi connectivity index (χ0n) is 20.2. The molecule has 1 amide bonds. The zero-order valence-corrected chi connectivity index (χ0v) is 20.2. The van der Waals surface area contributed by atoms with Gasteiger partial charge in [0.05, 0.1) is 39.6 Å². The number of ketones is 1. The predicted molar refractivity (Wildman–Crippen MR) is 129 cm³/mol. The van der Waals surface area contributed by atoms with Gasteiger partial charge in [-0.3, -0.25) is 9.59 Å². The number of methoxy groups -OCH3 is 4. The van der Waals surface area contributed by atoms with E-state index >= 15 is 0 Å². The third-order valence-corrected chi connectivity index (χ3v) is 5.57. The quantitative estimate of drug-likeness (QED) is 0.225. The first-order valence-corrected chi connectivity index (χ1v) is 10.8. The van der Waals surface area contributed by atoms with Crippen molar-refractivity contribution in [2.24, 2.45) is 0 Å². The standard InChI is InChI=1S/C26H29NO8/c1-6-12-35-18-9-7-16(8-10-18)23(28)21-22(27(11-13-31-2)26(30)24(21)29)17-14-19(32-3)25(34-5)20(15-17)33-4/h6-10,14-15,22,28H,1,11-13H2,2-5H3/b23-21+. The summed E-state index contributed by atoms with van der Waals surface area (Å²) in [6.07, 6.45) is 1.62. The number of rotatable bonds is 11. The molecule has 9 heteroatoms. The lowest BCUT2D eigenvalue weighted by Gasteiger charge is -2.26. The van der Waals surface area contributed by atoms with E-state index in [9.17, 15) is 14.7 Å². The molecule has 186 valence electrons. The number of aliphatic hydroxyl groups excluding tert-OH is 1. The van der Waals surface area contributed by atoms with E-state index in [1.807, 2.05) is 0 Å². The first-order chi connectivity index (χ1) is 16.9. The molecule has 1 saturated heterocycles. The zero-order chi connectivity index (χ0) is 25.5. The van der Waals surface area contributed by atoms with Crippen LogP contribution in [0.3, 0.4) is 0 Å². The van der Waals surface area contributed by atoms with Crippen molar-refractivity contribution in [1.29, 1.82) is 0 Å². The highest BCUT2D eigenvalue weighted by Gasteiger charge is 2.46. The monoisotopic (exact) mass is 483 g/mol. The number of nitrogens with zero attached hydrogens (tertiary/aromatic N) is 1. The Hall–Kier alpha value is -3.98. The fraction of sp³-hybridized carbons (Fsp3) is 0.308. The number of hydrogen-bond donors (Lipinski definition) is 1. The Labute approximate surface area is 204 Å². The van der Waals surface area contributed by atoms with E-state index in [2.05, 4.69) is 6.58 Å². The van der Waals surface area contributed by atoms with Crippen LogP contribution in [0.15, 0.2) is 54.6 Å². The van der Waals surface area contributed by atoms with Gasteiger partial charge in [-0.25, -0.2) is 0 Å². The molecule has 1 N–H and O–H groups in total. The first kappa shape index (κ1) is 25.6. The van der Waals surface area contributed by atoms with E-state index in [-0.39, 0.29) is 24.5 Å². The molecule has 0 spiro atoms. The van der Waals surface area contributed by atoms with Crippen LogP contribution in [-0.4, -0.2) is 69.9 Å². The second-order valence-corrected chi connectivity index (χ2v) is 7.57. The molecule has 1 heterocycles. The number of Topliss-reactive ketones (excluding diaryl/α,β-unsaturated/α-hetero) is 1. The number of benzene rings is 2. The molecule has 1 aliphatic rings. The molecule has 1 fully saturated rings. The van der Waals surface area contributed by atoms with Gasteiger partial charge in [-0.15, -0.1) is 0 Å². The molecule has 1 unspecified atom stereocenters.